The molecule has 0 fully saturated rings. The van der Waals surface area contributed by atoms with Crippen LogP contribution in [0.25, 0.3) is 0 Å². The minimum absolute atomic E-state index is 0.752. The summed E-state index contributed by atoms with van der Waals surface area (Å²) in [5.41, 5.74) is 0. The molecule has 11 nitrogen and oxygen atoms in total. The Morgan fingerprint density at radius 1 is 0.920 bits per heavy atom. The van der Waals surface area contributed by atoms with Crippen molar-refractivity contribution in [2.75, 3.05) is 13.2 Å². The van der Waals surface area contributed by atoms with Crippen LogP contribution in [0.5, 0.6) is 0 Å². The predicted octanol–water partition coefficient (Wildman–Crippen LogP) is -2.57. The summed E-state index contributed by atoms with van der Waals surface area (Å²) < 4.78 is 13.9. The first-order chi connectivity index (χ1) is 11.7. The van der Waals surface area contributed by atoms with E-state index < -0.39 is 12.3 Å². The molecule has 2 aromatic rings. The van der Waals surface area contributed by atoms with Crippen LogP contribution in [-0.2, 0) is 31.9 Å². The lowest BCUT2D eigenvalue weighted by Crippen LogP contribution is -2.24. The average Bonchev–Trinajstić information content (AvgIpc) is 3.06. The second kappa shape index (κ2) is 12.4. The van der Waals surface area contributed by atoms with Crippen molar-refractivity contribution >= 4 is 12.3 Å². The van der Waals surface area contributed by atoms with Gasteiger partial charge >= 0.3 is 0 Å². The number of nitrogens with zero attached hydrogens (tertiary/aromatic N) is 4. The topological polar surface area (TPSA) is 148 Å². The van der Waals surface area contributed by atoms with Gasteiger partial charge in [0.1, 0.15) is 37.9 Å². The lowest BCUT2D eigenvalue weighted by atomic mass is 10.6. The summed E-state index contributed by atoms with van der Waals surface area (Å²) >= 11 is 0. The van der Waals surface area contributed by atoms with Crippen molar-refractivity contribution in [3.63, 3.8) is 0 Å². The zero-order chi connectivity index (χ0) is 19.2. The Kier molecular flexibility index (Phi) is 10.8. The van der Waals surface area contributed by atoms with Gasteiger partial charge in [0, 0.05) is 0 Å². The van der Waals surface area contributed by atoms with Crippen LogP contribution in [0.4, 0.5) is 9.59 Å². The normalized spacial score (nSPS) is 9.36. The Labute approximate surface area is 144 Å². The molecule has 0 bridgehead atoms. The smallest absolute Gasteiger partial charge is 0.249 e. The first kappa shape index (κ1) is 21.9. The van der Waals surface area contributed by atoms with Crippen molar-refractivity contribution in [2.45, 2.75) is 13.1 Å². The molecule has 0 aliphatic rings. The number of hydrogen-bond donors (Lipinski definition) is 2. The zero-order valence-corrected chi connectivity index (χ0v) is 14.0. The minimum atomic E-state index is -2.08. The second-order valence-electron chi connectivity index (χ2n) is 4.78. The summed E-state index contributed by atoms with van der Waals surface area (Å²) in [6.45, 7) is 3.31. The van der Waals surface area contributed by atoms with E-state index in [1.807, 2.05) is 35.6 Å². The van der Waals surface area contributed by atoms with Crippen molar-refractivity contribution in [2.24, 2.45) is 14.1 Å². The summed E-state index contributed by atoms with van der Waals surface area (Å²) in [5, 5.41) is 30.6. The highest BCUT2D eigenvalue weighted by Crippen LogP contribution is 1.88. The van der Waals surface area contributed by atoms with Crippen molar-refractivity contribution in [3.05, 3.63) is 37.4 Å². The Morgan fingerprint density at radius 3 is 1.48 bits per heavy atom. The Morgan fingerprint density at radius 2 is 1.24 bits per heavy atom. The lowest BCUT2D eigenvalue weighted by molar-refractivity contribution is -0.671. The second-order valence-corrected chi connectivity index (χ2v) is 4.78. The molecule has 0 saturated carbocycles. The van der Waals surface area contributed by atoms with Gasteiger partial charge in [-0.15, -0.1) is 0 Å². The van der Waals surface area contributed by atoms with E-state index in [4.69, 9.17) is 34.8 Å². The molecule has 140 valence electrons. The first-order valence-electron chi connectivity index (χ1n) is 7.10. The monoisotopic (exact) mass is 358 g/mol. The van der Waals surface area contributed by atoms with Crippen LogP contribution >= 0.6 is 0 Å². The average molecular weight is 358 g/mol. The predicted molar refractivity (Wildman–Crippen MR) is 78.1 cm³/mol. The van der Waals surface area contributed by atoms with Gasteiger partial charge < -0.3 is 34.8 Å². The summed E-state index contributed by atoms with van der Waals surface area (Å²) in [6.07, 6.45) is 8.09. The molecule has 0 spiro atoms. The fraction of sp³-hybridized carbons (Fsp3) is 0.429. The van der Waals surface area contributed by atoms with Gasteiger partial charge in [-0.25, -0.2) is 18.3 Å². The number of carbonyl (C=O) groups is 2. The van der Waals surface area contributed by atoms with Crippen LogP contribution in [0.2, 0.25) is 0 Å². The van der Waals surface area contributed by atoms with E-state index in [0.29, 0.717) is 0 Å². The van der Waals surface area contributed by atoms with Gasteiger partial charge in [-0.3, -0.25) is 0 Å². The van der Waals surface area contributed by atoms with Crippen molar-refractivity contribution < 1.29 is 43.9 Å². The molecule has 0 aromatic carbocycles. The number of hydrogen-bond acceptors (Lipinski definition) is 5. The maximum absolute atomic E-state index is 8.44. The number of carboxylic acid groups (broad SMARTS) is 4. The molecule has 0 atom stereocenters. The molecule has 0 aliphatic heterocycles. The molecule has 2 rings (SSSR count). The molecule has 0 aliphatic carbocycles. The molecular weight excluding hydrogens is 336 g/mol. The number of aryl methyl sites for hydroxylation is 2. The van der Waals surface area contributed by atoms with Gasteiger partial charge in [-0.1, -0.05) is 0 Å². The van der Waals surface area contributed by atoms with Gasteiger partial charge in [-0.05, 0) is 0 Å². The Hall–Kier alpha value is -3.08. The highest BCUT2D eigenvalue weighted by molar-refractivity contribution is 5.50. The molecule has 0 amide bonds. The largest absolute Gasteiger partial charge is 0.565 e. The maximum Gasteiger partial charge on any atom is 0.249 e. The quantitative estimate of drug-likeness (QED) is 0.426. The zero-order valence-electron chi connectivity index (χ0n) is 14.0. The van der Waals surface area contributed by atoms with Crippen LogP contribution in [0.3, 0.4) is 0 Å². The van der Waals surface area contributed by atoms with E-state index in [-0.39, 0.29) is 0 Å². The van der Waals surface area contributed by atoms with Crippen molar-refractivity contribution in [1.82, 2.24) is 9.13 Å². The van der Waals surface area contributed by atoms with Gasteiger partial charge in [0.2, 0.25) is 25.0 Å². The number of aromatic nitrogens is 4. The molecule has 0 saturated heterocycles. The molecule has 2 heterocycles. The molecule has 25 heavy (non-hydrogen) atoms. The Balaban J connectivity index is 0.000000609. The standard InChI is InChI=1S/C12H20N4O.2CH2O3/c1-13-3-5-15(11-13)7-9-17-10-8-16-6-4-14(2)12-16;2*2-1(3)4/h3-6,11-12H,7-10H2,1-2H3;2*(H2,2,3,4)/q+2;;/p-2. The molecular formula is C14H22N4O7. The lowest BCUT2D eigenvalue weighted by Gasteiger charge is -2.00. The third-order valence-electron chi connectivity index (χ3n) is 2.64. The van der Waals surface area contributed by atoms with E-state index in [2.05, 4.69) is 34.2 Å². The third kappa shape index (κ3) is 14.3. The third-order valence-corrected chi connectivity index (χ3v) is 2.64. The van der Waals surface area contributed by atoms with Crippen LogP contribution in [0.1, 0.15) is 0 Å². The fourth-order valence-electron chi connectivity index (χ4n) is 1.71. The highest BCUT2D eigenvalue weighted by Gasteiger charge is 2.01. The molecule has 2 N–H and O–H groups in total. The van der Waals surface area contributed by atoms with Crippen LogP contribution < -0.4 is 19.3 Å². The van der Waals surface area contributed by atoms with Crippen molar-refractivity contribution in [3.8, 4) is 0 Å². The SMILES string of the molecule is C[n+]1ccn(CCOCCn2cc[n+](C)c2)c1.O=C([O-])O.O=C([O-])O. The fourth-order valence-corrected chi connectivity index (χ4v) is 1.71. The van der Waals surface area contributed by atoms with Gasteiger partial charge in [0.05, 0.1) is 27.3 Å². The number of ether oxygens (including phenoxy) is 1. The minimum Gasteiger partial charge on any atom is -0.565 e. The summed E-state index contributed by atoms with van der Waals surface area (Å²) in [6, 6.07) is 0. The van der Waals surface area contributed by atoms with Crippen LogP contribution in [-0.4, -0.2) is 44.9 Å². The van der Waals surface area contributed by atoms with E-state index in [0.717, 1.165) is 26.3 Å². The first-order valence-corrected chi connectivity index (χ1v) is 7.10. The number of imidazole rings is 2. The van der Waals surface area contributed by atoms with Gasteiger partial charge in [0.15, 0.2) is 0 Å². The highest BCUT2D eigenvalue weighted by atomic mass is 16.6. The van der Waals surface area contributed by atoms with E-state index >= 15 is 0 Å². The number of rotatable bonds is 6. The Bertz CT molecular complexity index is 576. The molecule has 0 unspecified atom stereocenters. The maximum atomic E-state index is 8.44. The van der Waals surface area contributed by atoms with E-state index in [9.17, 15) is 0 Å². The van der Waals surface area contributed by atoms with E-state index in [1.54, 1.807) is 0 Å². The summed E-state index contributed by atoms with van der Waals surface area (Å²) in [7, 11) is 4.03. The summed E-state index contributed by atoms with van der Waals surface area (Å²) in [5.74, 6) is 0. The van der Waals surface area contributed by atoms with E-state index in [1.165, 1.54) is 0 Å². The van der Waals surface area contributed by atoms with Crippen molar-refractivity contribution in [1.29, 1.82) is 0 Å². The molecule has 0 radical (unpaired) electrons. The van der Waals surface area contributed by atoms with Gasteiger partial charge in [-0.2, -0.15) is 0 Å². The van der Waals surface area contributed by atoms with Gasteiger partial charge in [0.25, 0.3) is 0 Å². The van der Waals surface area contributed by atoms with Crippen LogP contribution in [0.15, 0.2) is 37.4 Å². The molecule has 2 aromatic heterocycles. The summed E-state index contributed by atoms with van der Waals surface area (Å²) in [4.78, 5) is 16.9. The molecule has 11 heteroatoms. The van der Waals surface area contributed by atoms with Crippen LogP contribution in [0, 0.1) is 0 Å².